The van der Waals surface area contributed by atoms with E-state index in [1.807, 2.05) is 0 Å². The molecule has 108 valence electrons. The molecule has 0 spiro atoms. The second-order valence-corrected chi connectivity index (χ2v) is 5.25. The fourth-order valence-corrected chi connectivity index (χ4v) is 2.28. The summed E-state index contributed by atoms with van der Waals surface area (Å²) in [4.78, 5) is 0. The largest absolute Gasteiger partial charge is 0.379 e. The van der Waals surface area contributed by atoms with Crippen molar-refractivity contribution in [2.24, 2.45) is 0 Å². The first-order valence-electron chi connectivity index (χ1n) is 7.83. The highest BCUT2D eigenvalue weighted by Crippen LogP contribution is 2.08. The Kier molecular flexibility index (Phi) is 10.6. The fraction of sp³-hybridized carbons (Fsp3) is 1.00. The molecule has 1 aliphatic rings. The zero-order valence-electron chi connectivity index (χ0n) is 12.1. The summed E-state index contributed by atoms with van der Waals surface area (Å²) in [5, 5.41) is 3.32. The molecule has 18 heavy (non-hydrogen) atoms. The SMILES string of the molecule is CCCCCCCCCCOCC1CNCCO1. The second kappa shape index (κ2) is 11.9. The van der Waals surface area contributed by atoms with Crippen molar-refractivity contribution in [3.63, 3.8) is 0 Å². The van der Waals surface area contributed by atoms with Gasteiger partial charge in [-0.05, 0) is 6.42 Å². The number of ether oxygens (including phenoxy) is 2. The third-order valence-electron chi connectivity index (χ3n) is 3.45. The fourth-order valence-electron chi connectivity index (χ4n) is 2.28. The Bertz CT molecular complexity index is 170. The van der Waals surface area contributed by atoms with E-state index in [1.54, 1.807) is 0 Å². The summed E-state index contributed by atoms with van der Waals surface area (Å²) in [6.45, 7) is 6.67. The van der Waals surface area contributed by atoms with Crippen molar-refractivity contribution in [3.8, 4) is 0 Å². The first-order valence-corrected chi connectivity index (χ1v) is 7.83. The van der Waals surface area contributed by atoms with Crippen LogP contribution in [-0.4, -0.2) is 39.0 Å². The van der Waals surface area contributed by atoms with E-state index in [4.69, 9.17) is 9.47 Å². The molecule has 0 amide bonds. The lowest BCUT2D eigenvalue weighted by Crippen LogP contribution is -2.41. The van der Waals surface area contributed by atoms with E-state index in [0.717, 1.165) is 32.9 Å². The van der Waals surface area contributed by atoms with Gasteiger partial charge < -0.3 is 14.8 Å². The number of nitrogens with one attached hydrogen (secondary N) is 1. The number of unbranched alkanes of at least 4 members (excludes halogenated alkanes) is 7. The van der Waals surface area contributed by atoms with Gasteiger partial charge in [0.15, 0.2) is 0 Å². The van der Waals surface area contributed by atoms with Crippen LogP contribution in [-0.2, 0) is 9.47 Å². The Morgan fingerprint density at radius 3 is 2.44 bits per heavy atom. The minimum absolute atomic E-state index is 0.271. The van der Waals surface area contributed by atoms with Crippen molar-refractivity contribution in [1.82, 2.24) is 5.32 Å². The molecule has 1 aliphatic heterocycles. The molecule has 0 bridgehead atoms. The highest BCUT2D eigenvalue weighted by atomic mass is 16.5. The topological polar surface area (TPSA) is 30.5 Å². The molecule has 1 N–H and O–H groups in total. The van der Waals surface area contributed by atoms with Gasteiger partial charge in [-0.25, -0.2) is 0 Å². The highest BCUT2D eigenvalue weighted by molar-refractivity contribution is 4.65. The normalized spacial score (nSPS) is 20.2. The smallest absolute Gasteiger partial charge is 0.0933 e. The van der Waals surface area contributed by atoms with E-state index in [0.29, 0.717) is 0 Å². The third-order valence-corrected chi connectivity index (χ3v) is 3.45. The molecule has 0 aromatic rings. The molecule has 1 heterocycles. The predicted octanol–water partition coefficient (Wildman–Crippen LogP) is 3.13. The molecular formula is C15H31NO2. The first-order chi connectivity index (χ1) is 8.93. The summed E-state index contributed by atoms with van der Waals surface area (Å²) in [6.07, 6.45) is 11.1. The van der Waals surface area contributed by atoms with E-state index < -0.39 is 0 Å². The van der Waals surface area contributed by atoms with Crippen LogP contribution < -0.4 is 5.32 Å². The molecular weight excluding hydrogens is 226 g/mol. The molecule has 0 aromatic heterocycles. The minimum atomic E-state index is 0.271. The van der Waals surface area contributed by atoms with Crippen molar-refractivity contribution in [1.29, 1.82) is 0 Å². The summed E-state index contributed by atoms with van der Waals surface area (Å²) in [7, 11) is 0. The quantitative estimate of drug-likeness (QED) is 0.577. The van der Waals surface area contributed by atoms with Crippen LogP contribution >= 0.6 is 0 Å². The number of rotatable bonds is 11. The van der Waals surface area contributed by atoms with Crippen molar-refractivity contribution in [2.45, 2.75) is 64.4 Å². The van der Waals surface area contributed by atoms with Crippen molar-refractivity contribution in [2.75, 3.05) is 32.9 Å². The standard InChI is InChI=1S/C15H31NO2/c1-2-3-4-5-6-7-8-9-11-17-14-15-13-16-10-12-18-15/h15-16H,2-14H2,1H3. The van der Waals surface area contributed by atoms with E-state index >= 15 is 0 Å². The van der Waals surface area contributed by atoms with Crippen LogP contribution in [0.4, 0.5) is 0 Å². The summed E-state index contributed by atoms with van der Waals surface area (Å²) >= 11 is 0. The molecule has 0 aliphatic carbocycles. The molecule has 0 saturated carbocycles. The summed E-state index contributed by atoms with van der Waals surface area (Å²) in [6, 6.07) is 0. The van der Waals surface area contributed by atoms with Crippen LogP contribution in [0.2, 0.25) is 0 Å². The van der Waals surface area contributed by atoms with E-state index in [2.05, 4.69) is 12.2 Å². The molecule has 3 heteroatoms. The summed E-state index contributed by atoms with van der Waals surface area (Å²) in [5.74, 6) is 0. The van der Waals surface area contributed by atoms with Gasteiger partial charge in [-0.3, -0.25) is 0 Å². The molecule has 1 unspecified atom stereocenters. The molecule has 1 fully saturated rings. The Hall–Kier alpha value is -0.120. The van der Waals surface area contributed by atoms with E-state index in [1.165, 1.54) is 51.4 Å². The summed E-state index contributed by atoms with van der Waals surface area (Å²) in [5.41, 5.74) is 0. The van der Waals surface area contributed by atoms with Crippen LogP contribution in [0.5, 0.6) is 0 Å². The Morgan fingerprint density at radius 1 is 1.06 bits per heavy atom. The van der Waals surface area contributed by atoms with Crippen molar-refractivity contribution in [3.05, 3.63) is 0 Å². The van der Waals surface area contributed by atoms with Gasteiger partial charge in [0.1, 0.15) is 0 Å². The van der Waals surface area contributed by atoms with E-state index in [9.17, 15) is 0 Å². The Balaban J connectivity index is 1.73. The second-order valence-electron chi connectivity index (χ2n) is 5.25. The number of hydrogen-bond donors (Lipinski definition) is 1. The van der Waals surface area contributed by atoms with Crippen molar-refractivity contribution >= 4 is 0 Å². The monoisotopic (exact) mass is 257 g/mol. The lowest BCUT2D eigenvalue weighted by Gasteiger charge is -2.23. The molecule has 0 aromatic carbocycles. The molecule has 1 rings (SSSR count). The van der Waals surface area contributed by atoms with Gasteiger partial charge in [0, 0.05) is 19.7 Å². The average Bonchev–Trinajstić information content (AvgIpc) is 2.42. The van der Waals surface area contributed by atoms with Crippen LogP contribution in [0, 0.1) is 0 Å². The lowest BCUT2D eigenvalue weighted by molar-refractivity contribution is -0.0319. The predicted molar refractivity (Wildman–Crippen MR) is 76.0 cm³/mol. The van der Waals surface area contributed by atoms with Crippen LogP contribution in [0.25, 0.3) is 0 Å². The number of morpholine rings is 1. The Morgan fingerprint density at radius 2 is 1.78 bits per heavy atom. The van der Waals surface area contributed by atoms with Gasteiger partial charge in [0.2, 0.25) is 0 Å². The van der Waals surface area contributed by atoms with Gasteiger partial charge in [-0.1, -0.05) is 51.9 Å². The van der Waals surface area contributed by atoms with Gasteiger partial charge in [0.25, 0.3) is 0 Å². The van der Waals surface area contributed by atoms with Crippen molar-refractivity contribution < 1.29 is 9.47 Å². The summed E-state index contributed by atoms with van der Waals surface area (Å²) < 4.78 is 11.2. The maximum absolute atomic E-state index is 5.65. The molecule has 3 nitrogen and oxygen atoms in total. The maximum Gasteiger partial charge on any atom is 0.0933 e. The lowest BCUT2D eigenvalue weighted by atomic mass is 10.1. The van der Waals surface area contributed by atoms with Gasteiger partial charge >= 0.3 is 0 Å². The first kappa shape index (κ1) is 15.9. The van der Waals surface area contributed by atoms with Crippen LogP contribution in [0.1, 0.15) is 58.3 Å². The van der Waals surface area contributed by atoms with Crippen LogP contribution in [0.15, 0.2) is 0 Å². The van der Waals surface area contributed by atoms with E-state index in [-0.39, 0.29) is 6.10 Å². The minimum Gasteiger partial charge on any atom is -0.379 e. The third kappa shape index (κ3) is 8.90. The zero-order chi connectivity index (χ0) is 12.9. The Labute approximate surface area is 113 Å². The van der Waals surface area contributed by atoms with Gasteiger partial charge in [-0.15, -0.1) is 0 Å². The van der Waals surface area contributed by atoms with Gasteiger partial charge in [0.05, 0.1) is 19.3 Å². The molecule has 1 saturated heterocycles. The van der Waals surface area contributed by atoms with Gasteiger partial charge in [-0.2, -0.15) is 0 Å². The average molecular weight is 257 g/mol. The number of hydrogen-bond acceptors (Lipinski definition) is 3. The zero-order valence-corrected chi connectivity index (χ0v) is 12.1. The maximum atomic E-state index is 5.65. The highest BCUT2D eigenvalue weighted by Gasteiger charge is 2.12. The molecule has 1 atom stereocenters. The molecule has 0 radical (unpaired) electrons. The van der Waals surface area contributed by atoms with Crippen LogP contribution in [0.3, 0.4) is 0 Å².